The Balaban J connectivity index is 2.10. The number of rotatable bonds is 3. The largest absolute Gasteiger partial charge is 0.305 e. The zero-order valence-corrected chi connectivity index (χ0v) is 12.5. The van der Waals surface area contributed by atoms with E-state index >= 15 is 0 Å². The second kappa shape index (κ2) is 6.33. The monoisotopic (exact) mass is 253 g/mol. The molecule has 4 heteroatoms. The van der Waals surface area contributed by atoms with Gasteiger partial charge in [0.2, 0.25) is 0 Å². The quantitative estimate of drug-likeness (QED) is 0.738. The van der Waals surface area contributed by atoms with Gasteiger partial charge in [0.05, 0.1) is 6.17 Å². The molecular formula is C14H29N4. The van der Waals surface area contributed by atoms with Gasteiger partial charge in [-0.15, -0.1) is 0 Å². The van der Waals surface area contributed by atoms with Crippen LogP contribution in [0.3, 0.4) is 0 Å². The lowest BCUT2D eigenvalue weighted by atomic mass is 9.94. The first kappa shape index (κ1) is 14.3. The van der Waals surface area contributed by atoms with Gasteiger partial charge in [-0.25, -0.2) is 5.32 Å². The fourth-order valence-corrected chi connectivity index (χ4v) is 3.57. The van der Waals surface area contributed by atoms with E-state index in [4.69, 9.17) is 0 Å². The molecule has 4 nitrogen and oxygen atoms in total. The number of hydrogen-bond acceptors (Lipinski definition) is 3. The molecule has 0 aromatic heterocycles. The Morgan fingerprint density at radius 1 is 1.00 bits per heavy atom. The summed E-state index contributed by atoms with van der Waals surface area (Å²) in [5.41, 5.74) is 0. The molecule has 2 aliphatic heterocycles. The zero-order chi connectivity index (χ0) is 13.1. The van der Waals surface area contributed by atoms with Crippen LogP contribution in [0.1, 0.15) is 25.7 Å². The molecule has 18 heavy (non-hydrogen) atoms. The maximum atomic E-state index is 4.67. The molecule has 0 aliphatic carbocycles. The lowest BCUT2D eigenvalue weighted by Gasteiger charge is -2.49. The number of piperidine rings is 2. The Morgan fingerprint density at radius 2 is 1.78 bits per heavy atom. The van der Waals surface area contributed by atoms with Crippen molar-refractivity contribution in [3.05, 3.63) is 0 Å². The van der Waals surface area contributed by atoms with E-state index in [0.29, 0.717) is 18.2 Å². The molecule has 0 aromatic carbocycles. The van der Waals surface area contributed by atoms with Crippen molar-refractivity contribution in [3.8, 4) is 0 Å². The van der Waals surface area contributed by atoms with E-state index in [-0.39, 0.29) is 0 Å². The molecule has 0 saturated carbocycles. The Bertz CT molecular complexity index is 228. The minimum atomic E-state index is 0.611. The van der Waals surface area contributed by atoms with E-state index in [1.807, 2.05) is 0 Å². The fourth-order valence-electron chi connectivity index (χ4n) is 3.57. The van der Waals surface area contributed by atoms with Gasteiger partial charge in [-0.05, 0) is 53.9 Å². The summed E-state index contributed by atoms with van der Waals surface area (Å²) in [6.45, 7) is 3.31. The molecule has 0 aromatic rings. The average Bonchev–Trinajstić information content (AvgIpc) is 2.38. The highest BCUT2D eigenvalue weighted by molar-refractivity contribution is 4.93. The molecule has 2 fully saturated rings. The van der Waals surface area contributed by atoms with Crippen LogP contribution < -0.4 is 5.32 Å². The van der Waals surface area contributed by atoms with Gasteiger partial charge >= 0.3 is 0 Å². The van der Waals surface area contributed by atoms with Crippen molar-refractivity contribution in [2.75, 3.05) is 47.8 Å². The van der Waals surface area contributed by atoms with Crippen molar-refractivity contribution in [2.45, 2.75) is 43.9 Å². The van der Waals surface area contributed by atoms with Crippen LogP contribution in [0.25, 0.3) is 0 Å². The summed E-state index contributed by atoms with van der Waals surface area (Å²) in [4.78, 5) is 7.51. The first-order valence-corrected chi connectivity index (χ1v) is 7.33. The molecule has 0 N–H and O–H groups in total. The van der Waals surface area contributed by atoms with Crippen LogP contribution in [0.15, 0.2) is 0 Å². The Labute approximate surface area is 112 Å². The highest BCUT2D eigenvalue weighted by Crippen LogP contribution is 2.25. The lowest BCUT2D eigenvalue weighted by molar-refractivity contribution is -0.0246. The molecular weight excluding hydrogens is 224 g/mol. The lowest BCUT2D eigenvalue weighted by Crippen LogP contribution is -2.62. The van der Waals surface area contributed by atoms with Crippen LogP contribution in [0.4, 0.5) is 0 Å². The van der Waals surface area contributed by atoms with E-state index in [0.717, 1.165) is 13.1 Å². The van der Waals surface area contributed by atoms with Crippen molar-refractivity contribution in [2.24, 2.45) is 0 Å². The van der Waals surface area contributed by atoms with Crippen molar-refractivity contribution >= 4 is 0 Å². The number of likely N-dealkylation sites (N-methyl/N-ethyl adjacent to an activating group) is 1. The van der Waals surface area contributed by atoms with Gasteiger partial charge in [0.15, 0.2) is 0 Å². The van der Waals surface area contributed by atoms with Crippen LogP contribution in [0.5, 0.6) is 0 Å². The second-order valence-electron chi connectivity index (χ2n) is 6.19. The van der Waals surface area contributed by atoms with Crippen LogP contribution in [-0.4, -0.2) is 80.8 Å². The van der Waals surface area contributed by atoms with Crippen molar-refractivity contribution in [1.82, 2.24) is 20.0 Å². The molecule has 105 valence electrons. The third-order valence-electron chi connectivity index (χ3n) is 4.54. The van der Waals surface area contributed by atoms with E-state index in [2.05, 4.69) is 48.2 Å². The van der Waals surface area contributed by atoms with Crippen LogP contribution in [0, 0.1) is 0 Å². The maximum Gasteiger partial charge on any atom is 0.0620 e. The van der Waals surface area contributed by atoms with Crippen molar-refractivity contribution < 1.29 is 0 Å². The molecule has 0 bridgehead atoms. The standard InChI is InChI=1S/C14H29N4/c1-16(2)12-8-9-15-11-13(12)18-10-6-5-7-14(18)17(3)4/h12-14H,5-11H2,1-4H3. The molecule has 2 aliphatic rings. The summed E-state index contributed by atoms with van der Waals surface area (Å²) in [6.07, 6.45) is 5.86. The summed E-state index contributed by atoms with van der Waals surface area (Å²) < 4.78 is 0. The number of nitrogens with zero attached hydrogens (tertiary/aromatic N) is 4. The van der Waals surface area contributed by atoms with Gasteiger partial charge in [-0.1, -0.05) is 0 Å². The predicted molar refractivity (Wildman–Crippen MR) is 75.8 cm³/mol. The molecule has 3 unspecified atom stereocenters. The molecule has 2 saturated heterocycles. The van der Waals surface area contributed by atoms with Gasteiger partial charge in [0.1, 0.15) is 0 Å². The first-order valence-electron chi connectivity index (χ1n) is 7.33. The summed E-state index contributed by atoms with van der Waals surface area (Å²) in [5.74, 6) is 0. The summed E-state index contributed by atoms with van der Waals surface area (Å²) in [6, 6.07) is 1.28. The molecule has 2 heterocycles. The summed E-state index contributed by atoms with van der Waals surface area (Å²) in [7, 11) is 8.87. The highest BCUT2D eigenvalue weighted by atomic mass is 15.4. The topological polar surface area (TPSA) is 23.8 Å². The fraction of sp³-hybridized carbons (Fsp3) is 1.00. The smallest absolute Gasteiger partial charge is 0.0620 e. The molecule has 1 radical (unpaired) electrons. The van der Waals surface area contributed by atoms with Gasteiger partial charge in [0.25, 0.3) is 0 Å². The summed E-state index contributed by atoms with van der Waals surface area (Å²) in [5, 5.41) is 4.67. The number of hydrogen-bond donors (Lipinski definition) is 0. The van der Waals surface area contributed by atoms with E-state index in [9.17, 15) is 0 Å². The normalized spacial score (nSPS) is 35.3. The van der Waals surface area contributed by atoms with Crippen molar-refractivity contribution in [1.29, 1.82) is 0 Å². The average molecular weight is 253 g/mol. The van der Waals surface area contributed by atoms with Crippen molar-refractivity contribution in [3.63, 3.8) is 0 Å². The third-order valence-corrected chi connectivity index (χ3v) is 4.54. The minimum Gasteiger partial charge on any atom is -0.305 e. The highest BCUT2D eigenvalue weighted by Gasteiger charge is 2.37. The van der Waals surface area contributed by atoms with E-state index in [1.165, 1.54) is 32.2 Å². The second-order valence-corrected chi connectivity index (χ2v) is 6.19. The number of likely N-dealkylation sites (tertiary alicyclic amines) is 1. The molecule has 3 atom stereocenters. The predicted octanol–water partition coefficient (Wildman–Crippen LogP) is 0.667. The van der Waals surface area contributed by atoms with Crippen LogP contribution in [-0.2, 0) is 0 Å². The zero-order valence-electron chi connectivity index (χ0n) is 12.5. The SMILES string of the molecule is CN(C)C1CC[N]CC1N1CCCCC1N(C)C. The van der Waals surface area contributed by atoms with E-state index in [1.54, 1.807) is 0 Å². The summed E-state index contributed by atoms with van der Waals surface area (Å²) >= 11 is 0. The molecule has 2 rings (SSSR count). The van der Waals surface area contributed by atoms with Gasteiger partial charge in [-0.3, -0.25) is 9.80 Å². The minimum absolute atomic E-state index is 0.611. The Kier molecular flexibility index (Phi) is 5.01. The van der Waals surface area contributed by atoms with Gasteiger partial charge in [-0.2, -0.15) is 0 Å². The Hall–Kier alpha value is -0.160. The third kappa shape index (κ3) is 3.05. The molecule has 0 spiro atoms. The van der Waals surface area contributed by atoms with Gasteiger partial charge in [0, 0.05) is 31.7 Å². The Morgan fingerprint density at radius 3 is 2.44 bits per heavy atom. The molecule has 0 amide bonds. The van der Waals surface area contributed by atoms with Crippen LogP contribution in [0.2, 0.25) is 0 Å². The van der Waals surface area contributed by atoms with E-state index < -0.39 is 0 Å². The van der Waals surface area contributed by atoms with Crippen LogP contribution >= 0.6 is 0 Å². The van der Waals surface area contributed by atoms with Gasteiger partial charge < -0.3 is 4.90 Å². The maximum absolute atomic E-state index is 4.67. The first-order chi connectivity index (χ1) is 8.61.